The summed E-state index contributed by atoms with van der Waals surface area (Å²) >= 11 is 1.71. The maximum Gasteiger partial charge on any atom is 0.126 e. The Hall–Kier alpha value is -1.19. The van der Waals surface area contributed by atoms with Crippen molar-refractivity contribution in [1.29, 1.82) is 0 Å². The van der Waals surface area contributed by atoms with E-state index in [2.05, 4.69) is 29.1 Å². The van der Waals surface area contributed by atoms with Crippen LogP contribution in [0.15, 0.2) is 41.1 Å². The van der Waals surface area contributed by atoms with Gasteiger partial charge in [-0.15, -0.1) is 0 Å². The number of hydrogen-bond donors (Lipinski definition) is 1. The highest BCUT2D eigenvalue weighted by Gasteiger charge is 2.12. The van der Waals surface area contributed by atoms with Gasteiger partial charge in [-0.1, -0.05) is 25.1 Å². The van der Waals surface area contributed by atoms with Gasteiger partial charge < -0.3 is 5.32 Å². The fourth-order valence-corrected chi connectivity index (χ4v) is 2.87. The molecule has 2 rings (SSSR count). The van der Waals surface area contributed by atoms with Crippen LogP contribution in [0.5, 0.6) is 0 Å². The predicted octanol–water partition coefficient (Wildman–Crippen LogP) is 4.04. The van der Waals surface area contributed by atoms with Gasteiger partial charge in [-0.05, 0) is 59.8 Å². The fourth-order valence-electron chi connectivity index (χ4n) is 2.19. The van der Waals surface area contributed by atoms with E-state index in [0.717, 1.165) is 31.4 Å². The average molecular weight is 277 g/mol. The van der Waals surface area contributed by atoms with Crippen LogP contribution in [0.2, 0.25) is 0 Å². The zero-order valence-corrected chi connectivity index (χ0v) is 12.0. The molecule has 0 radical (unpaired) electrons. The van der Waals surface area contributed by atoms with Crippen LogP contribution < -0.4 is 5.32 Å². The molecule has 1 unspecified atom stereocenters. The van der Waals surface area contributed by atoms with Gasteiger partial charge in [0.05, 0.1) is 0 Å². The van der Waals surface area contributed by atoms with Crippen molar-refractivity contribution in [1.82, 2.24) is 5.32 Å². The third kappa shape index (κ3) is 4.44. The van der Waals surface area contributed by atoms with Gasteiger partial charge in [-0.2, -0.15) is 11.3 Å². The van der Waals surface area contributed by atoms with E-state index in [1.807, 2.05) is 12.1 Å². The van der Waals surface area contributed by atoms with Crippen LogP contribution in [0.4, 0.5) is 4.39 Å². The van der Waals surface area contributed by atoms with Crippen LogP contribution in [0.25, 0.3) is 0 Å². The normalized spacial score (nSPS) is 12.5. The van der Waals surface area contributed by atoms with Crippen molar-refractivity contribution < 1.29 is 4.39 Å². The molecule has 0 bridgehead atoms. The van der Waals surface area contributed by atoms with E-state index in [9.17, 15) is 4.39 Å². The van der Waals surface area contributed by atoms with E-state index in [4.69, 9.17) is 0 Å². The van der Waals surface area contributed by atoms with Gasteiger partial charge >= 0.3 is 0 Å². The van der Waals surface area contributed by atoms with Gasteiger partial charge in [0.15, 0.2) is 0 Å². The first-order chi connectivity index (χ1) is 9.29. The molecule has 1 N–H and O–H groups in total. The van der Waals surface area contributed by atoms with Gasteiger partial charge in [0, 0.05) is 6.04 Å². The molecule has 0 aliphatic heterocycles. The second-order valence-corrected chi connectivity index (χ2v) is 5.56. The van der Waals surface area contributed by atoms with Crippen LogP contribution in [-0.2, 0) is 12.8 Å². The van der Waals surface area contributed by atoms with Crippen molar-refractivity contribution in [3.8, 4) is 0 Å². The molecule has 1 aromatic carbocycles. The Balaban J connectivity index is 2.03. The second-order valence-electron chi connectivity index (χ2n) is 4.78. The first-order valence-corrected chi connectivity index (χ1v) is 7.71. The minimum Gasteiger partial charge on any atom is -0.313 e. The number of hydrogen-bond acceptors (Lipinski definition) is 2. The Morgan fingerprint density at radius 1 is 1.21 bits per heavy atom. The highest BCUT2D eigenvalue weighted by Crippen LogP contribution is 2.14. The first-order valence-electron chi connectivity index (χ1n) is 6.77. The smallest absolute Gasteiger partial charge is 0.126 e. The summed E-state index contributed by atoms with van der Waals surface area (Å²) in [6.07, 6.45) is 2.79. The molecule has 2 aromatic rings. The summed E-state index contributed by atoms with van der Waals surface area (Å²) in [4.78, 5) is 0. The molecule has 1 atom stereocenters. The molecule has 0 saturated heterocycles. The molecule has 0 fully saturated rings. The average Bonchev–Trinajstić information content (AvgIpc) is 2.91. The van der Waals surface area contributed by atoms with Gasteiger partial charge in [0.2, 0.25) is 0 Å². The summed E-state index contributed by atoms with van der Waals surface area (Å²) in [5.74, 6) is -0.101. The minimum atomic E-state index is -0.101. The van der Waals surface area contributed by atoms with Crippen LogP contribution in [0.3, 0.4) is 0 Å². The summed E-state index contributed by atoms with van der Waals surface area (Å²) in [6, 6.07) is 9.51. The Kier molecular flexibility index (Phi) is 5.55. The van der Waals surface area contributed by atoms with E-state index in [0.29, 0.717) is 6.04 Å². The van der Waals surface area contributed by atoms with E-state index in [1.54, 1.807) is 17.4 Å². The summed E-state index contributed by atoms with van der Waals surface area (Å²) in [5.41, 5.74) is 2.13. The van der Waals surface area contributed by atoms with E-state index in [-0.39, 0.29) is 5.82 Å². The molecule has 3 heteroatoms. The summed E-state index contributed by atoms with van der Waals surface area (Å²) in [6.45, 7) is 3.13. The largest absolute Gasteiger partial charge is 0.313 e. The molecule has 0 saturated carbocycles. The van der Waals surface area contributed by atoms with E-state index >= 15 is 0 Å². The Bertz CT molecular complexity index is 481. The molecule has 1 heterocycles. The standard InChI is InChI=1S/C16H20FNS/c1-2-8-18-15(10-13-7-9-19-12-13)11-14-5-3-4-6-16(14)17/h3-7,9,12,15,18H,2,8,10-11H2,1H3. The van der Waals surface area contributed by atoms with Crippen molar-refractivity contribution >= 4 is 11.3 Å². The summed E-state index contributed by atoms with van der Waals surface area (Å²) < 4.78 is 13.7. The lowest BCUT2D eigenvalue weighted by molar-refractivity contribution is 0.493. The van der Waals surface area contributed by atoms with Crippen molar-refractivity contribution in [3.63, 3.8) is 0 Å². The van der Waals surface area contributed by atoms with Gasteiger partial charge in [-0.25, -0.2) is 4.39 Å². The Labute approximate surface area is 118 Å². The zero-order chi connectivity index (χ0) is 13.5. The molecule has 1 nitrogen and oxygen atoms in total. The van der Waals surface area contributed by atoms with Gasteiger partial charge in [0.1, 0.15) is 5.82 Å². The van der Waals surface area contributed by atoms with Crippen LogP contribution in [0.1, 0.15) is 24.5 Å². The van der Waals surface area contributed by atoms with Crippen LogP contribution in [-0.4, -0.2) is 12.6 Å². The topological polar surface area (TPSA) is 12.0 Å². The summed E-state index contributed by atoms with van der Waals surface area (Å²) in [7, 11) is 0. The van der Waals surface area contributed by atoms with E-state index < -0.39 is 0 Å². The number of benzene rings is 1. The number of thiophene rings is 1. The monoisotopic (exact) mass is 277 g/mol. The Morgan fingerprint density at radius 2 is 2.05 bits per heavy atom. The number of nitrogens with one attached hydrogen (secondary N) is 1. The predicted molar refractivity (Wildman–Crippen MR) is 80.2 cm³/mol. The quantitative estimate of drug-likeness (QED) is 0.805. The third-order valence-corrected chi connectivity index (χ3v) is 3.90. The van der Waals surface area contributed by atoms with Crippen LogP contribution in [0, 0.1) is 5.82 Å². The molecular weight excluding hydrogens is 257 g/mol. The van der Waals surface area contributed by atoms with Crippen molar-refractivity contribution in [3.05, 3.63) is 58.0 Å². The number of halogens is 1. The lowest BCUT2D eigenvalue weighted by Gasteiger charge is -2.18. The van der Waals surface area contributed by atoms with Crippen molar-refractivity contribution in [2.24, 2.45) is 0 Å². The molecule has 0 spiro atoms. The third-order valence-electron chi connectivity index (χ3n) is 3.17. The Morgan fingerprint density at radius 3 is 2.74 bits per heavy atom. The zero-order valence-electron chi connectivity index (χ0n) is 11.2. The molecule has 19 heavy (non-hydrogen) atoms. The minimum absolute atomic E-state index is 0.101. The lowest BCUT2D eigenvalue weighted by atomic mass is 10.00. The second kappa shape index (κ2) is 7.41. The molecule has 1 aromatic heterocycles. The SMILES string of the molecule is CCCNC(Cc1ccsc1)Cc1ccccc1F. The lowest BCUT2D eigenvalue weighted by Crippen LogP contribution is -2.34. The van der Waals surface area contributed by atoms with Crippen LogP contribution >= 0.6 is 11.3 Å². The molecule has 0 aliphatic carbocycles. The molecule has 0 amide bonds. The molecule has 0 aliphatic rings. The summed E-state index contributed by atoms with van der Waals surface area (Å²) in [5, 5.41) is 7.78. The first kappa shape index (κ1) is 14.2. The number of rotatable bonds is 7. The van der Waals surface area contributed by atoms with Crippen molar-refractivity contribution in [2.75, 3.05) is 6.54 Å². The molecular formula is C16H20FNS. The van der Waals surface area contributed by atoms with Gasteiger partial charge in [0.25, 0.3) is 0 Å². The maximum atomic E-state index is 13.7. The maximum absolute atomic E-state index is 13.7. The van der Waals surface area contributed by atoms with Crippen molar-refractivity contribution in [2.45, 2.75) is 32.2 Å². The highest BCUT2D eigenvalue weighted by atomic mass is 32.1. The fraction of sp³-hybridized carbons (Fsp3) is 0.375. The highest BCUT2D eigenvalue weighted by molar-refractivity contribution is 7.07. The van der Waals surface area contributed by atoms with Gasteiger partial charge in [-0.3, -0.25) is 0 Å². The molecule has 102 valence electrons. The van der Waals surface area contributed by atoms with E-state index in [1.165, 1.54) is 11.6 Å².